The number of anilines is 1. The number of nitrogens with zero attached hydrogens (tertiary/aromatic N) is 2. The lowest BCUT2D eigenvalue weighted by molar-refractivity contribution is 0.101. The molecule has 0 unspecified atom stereocenters. The van der Waals surface area contributed by atoms with Crippen LogP contribution in [0.3, 0.4) is 0 Å². The van der Waals surface area contributed by atoms with Gasteiger partial charge in [0, 0.05) is 15.8 Å². The lowest BCUT2D eigenvalue weighted by Gasteiger charge is -2.02. The van der Waals surface area contributed by atoms with Crippen molar-refractivity contribution >= 4 is 49.9 Å². The second kappa shape index (κ2) is 8.55. The molecule has 0 saturated heterocycles. The van der Waals surface area contributed by atoms with Crippen molar-refractivity contribution in [3.05, 3.63) is 69.9 Å². The molecule has 2 aromatic carbocycles. The highest BCUT2D eigenvalue weighted by Crippen LogP contribution is 2.28. The predicted octanol–water partition coefficient (Wildman–Crippen LogP) is 5.03. The Balaban J connectivity index is 1.50. The predicted molar refractivity (Wildman–Crippen MR) is 103 cm³/mol. The average Bonchev–Trinajstić information content (AvgIpc) is 3.08. The lowest BCUT2D eigenvalue weighted by Crippen LogP contribution is -2.13. The first kappa shape index (κ1) is 18.0. The van der Waals surface area contributed by atoms with Crippen LogP contribution in [-0.4, -0.2) is 22.5 Å². The minimum Gasteiger partial charge on any atom is -0.353 e. The number of thioether (sulfide) groups is 1. The number of benzene rings is 2. The number of nitrogens with one attached hydrogen (secondary N) is 1. The Kier molecular flexibility index (Phi) is 6.17. The van der Waals surface area contributed by atoms with Crippen molar-refractivity contribution in [3.63, 3.8) is 0 Å². The summed E-state index contributed by atoms with van der Waals surface area (Å²) in [5.74, 6) is 0.432. The molecular formula is C17H13BrFN3OS2. The molecule has 3 rings (SSSR count). The first-order valence-corrected chi connectivity index (χ1v) is 9.93. The Morgan fingerprint density at radius 1 is 1.12 bits per heavy atom. The second-order valence-corrected chi connectivity index (χ2v) is 8.19. The topological polar surface area (TPSA) is 54.9 Å². The SMILES string of the molecule is O=C(CNc1nnc(SCc2ccc(F)cc2)s1)c1ccc(Br)cc1. The summed E-state index contributed by atoms with van der Waals surface area (Å²) in [6.45, 7) is 0.166. The summed E-state index contributed by atoms with van der Waals surface area (Å²) in [6.07, 6.45) is 0. The monoisotopic (exact) mass is 437 g/mol. The number of hydrogen-bond donors (Lipinski definition) is 1. The molecule has 8 heteroatoms. The summed E-state index contributed by atoms with van der Waals surface area (Å²) < 4.78 is 14.6. The van der Waals surface area contributed by atoms with Gasteiger partial charge in [0.2, 0.25) is 5.13 Å². The quantitative estimate of drug-likeness (QED) is 0.415. The van der Waals surface area contributed by atoms with E-state index in [1.54, 1.807) is 24.3 Å². The number of carbonyl (C=O) groups excluding carboxylic acids is 1. The first-order valence-electron chi connectivity index (χ1n) is 7.33. The van der Waals surface area contributed by atoms with Crippen molar-refractivity contribution in [2.24, 2.45) is 0 Å². The van der Waals surface area contributed by atoms with Crippen LogP contribution in [0.2, 0.25) is 0 Å². The summed E-state index contributed by atoms with van der Waals surface area (Å²) in [5.41, 5.74) is 1.66. The number of Topliss-reactive ketones (excluding diaryl/α,β-unsaturated/α-hetero) is 1. The van der Waals surface area contributed by atoms with Gasteiger partial charge in [-0.15, -0.1) is 10.2 Å². The molecule has 0 aliphatic heterocycles. The highest BCUT2D eigenvalue weighted by Gasteiger charge is 2.09. The maximum atomic E-state index is 12.9. The normalized spacial score (nSPS) is 10.6. The molecule has 0 bridgehead atoms. The molecule has 0 amide bonds. The van der Waals surface area contributed by atoms with Crippen molar-refractivity contribution in [2.45, 2.75) is 10.1 Å². The minimum atomic E-state index is -0.244. The van der Waals surface area contributed by atoms with Gasteiger partial charge in [-0.05, 0) is 29.8 Å². The molecule has 0 radical (unpaired) electrons. The standard InChI is InChI=1S/C17H13BrFN3OS2/c18-13-5-3-12(4-6-13)15(23)9-20-16-21-22-17(25-16)24-10-11-1-7-14(19)8-2-11/h1-8H,9-10H2,(H,20,21). The number of aromatic nitrogens is 2. The molecule has 1 heterocycles. The number of rotatable bonds is 7. The highest BCUT2D eigenvalue weighted by molar-refractivity contribution is 9.10. The molecule has 0 saturated carbocycles. The van der Waals surface area contributed by atoms with E-state index < -0.39 is 0 Å². The van der Waals surface area contributed by atoms with Gasteiger partial charge in [-0.2, -0.15) is 0 Å². The summed E-state index contributed by atoms with van der Waals surface area (Å²) in [6, 6.07) is 13.6. The number of ketones is 1. The average molecular weight is 438 g/mol. The Bertz CT molecular complexity index is 853. The third kappa shape index (κ3) is 5.35. The molecule has 0 aliphatic carbocycles. The minimum absolute atomic E-state index is 0.0109. The fourth-order valence-corrected chi connectivity index (χ4v) is 3.93. The molecule has 0 spiro atoms. The molecule has 1 N–H and O–H groups in total. The van der Waals surface area contributed by atoms with Crippen LogP contribution in [0.25, 0.3) is 0 Å². The van der Waals surface area contributed by atoms with Crippen LogP contribution in [0.5, 0.6) is 0 Å². The van der Waals surface area contributed by atoms with Crippen LogP contribution >= 0.6 is 39.0 Å². The van der Waals surface area contributed by atoms with Gasteiger partial charge in [0.1, 0.15) is 5.82 Å². The number of hydrogen-bond acceptors (Lipinski definition) is 6. The van der Waals surface area contributed by atoms with Crippen LogP contribution in [0.15, 0.2) is 57.3 Å². The van der Waals surface area contributed by atoms with Gasteiger partial charge in [0.15, 0.2) is 10.1 Å². The van der Waals surface area contributed by atoms with Gasteiger partial charge in [0.05, 0.1) is 6.54 Å². The van der Waals surface area contributed by atoms with Crippen LogP contribution in [-0.2, 0) is 5.75 Å². The van der Waals surface area contributed by atoms with Crippen LogP contribution < -0.4 is 5.32 Å². The van der Waals surface area contributed by atoms with E-state index in [0.29, 0.717) is 16.4 Å². The fourth-order valence-electron chi connectivity index (χ4n) is 1.96. The van der Waals surface area contributed by atoms with Crippen molar-refractivity contribution in [1.82, 2.24) is 10.2 Å². The van der Waals surface area contributed by atoms with Crippen molar-refractivity contribution in [3.8, 4) is 0 Å². The van der Waals surface area contributed by atoms with Crippen LogP contribution in [0, 0.1) is 5.82 Å². The summed E-state index contributed by atoms with van der Waals surface area (Å²) >= 11 is 6.26. The van der Waals surface area contributed by atoms with E-state index in [2.05, 4.69) is 31.4 Å². The Hall–Kier alpha value is -1.77. The van der Waals surface area contributed by atoms with Crippen molar-refractivity contribution in [1.29, 1.82) is 0 Å². The van der Waals surface area contributed by atoms with Gasteiger partial charge in [-0.1, -0.05) is 63.3 Å². The van der Waals surface area contributed by atoms with Gasteiger partial charge in [0.25, 0.3) is 0 Å². The van der Waals surface area contributed by atoms with Gasteiger partial charge in [-0.3, -0.25) is 4.79 Å². The molecule has 25 heavy (non-hydrogen) atoms. The molecule has 0 aliphatic rings. The van der Waals surface area contributed by atoms with Gasteiger partial charge >= 0.3 is 0 Å². The number of halogens is 2. The second-order valence-electron chi connectivity index (χ2n) is 5.07. The number of carbonyl (C=O) groups is 1. The third-order valence-electron chi connectivity index (χ3n) is 3.25. The Morgan fingerprint density at radius 3 is 2.56 bits per heavy atom. The smallest absolute Gasteiger partial charge is 0.206 e. The van der Waals surface area contributed by atoms with Crippen LogP contribution in [0.4, 0.5) is 9.52 Å². The van der Waals surface area contributed by atoms with E-state index in [9.17, 15) is 9.18 Å². The summed E-state index contributed by atoms with van der Waals surface area (Å²) in [5, 5.41) is 11.7. The van der Waals surface area contributed by atoms with Crippen LogP contribution in [0.1, 0.15) is 15.9 Å². The van der Waals surface area contributed by atoms with Gasteiger partial charge in [-0.25, -0.2) is 4.39 Å². The molecule has 4 nitrogen and oxygen atoms in total. The molecule has 0 atom stereocenters. The van der Waals surface area contributed by atoms with E-state index in [-0.39, 0.29) is 18.1 Å². The third-order valence-corrected chi connectivity index (χ3v) is 5.86. The molecule has 3 aromatic rings. The fraction of sp³-hybridized carbons (Fsp3) is 0.118. The zero-order valence-corrected chi connectivity index (χ0v) is 16.1. The molecule has 0 fully saturated rings. The molecular weight excluding hydrogens is 425 g/mol. The molecule has 1 aromatic heterocycles. The zero-order valence-electron chi connectivity index (χ0n) is 12.9. The summed E-state index contributed by atoms with van der Waals surface area (Å²) in [7, 11) is 0. The van der Waals surface area contributed by atoms with E-state index in [1.807, 2.05) is 12.1 Å². The first-order chi connectivity index (χ1) is 12.1. The zero-order chi connectivity index (χ0) is 17.6. The van der Waals surface area contributed by atoms with E-state index >= 15 is 0 Å². The van der Waals surface area contributed by atoms with Crippen molar-refractivity contribution < 1.29 is 9.18 Å². The Morgan fingerprint density at radius 2 is 1.84 bits per heavy atom. The van der Waals surface area contributed by atoms with E-state index in [0.717, 1.165) is 14.4 Å². The van der Waals surface area contributed by atoms with Crippen molar-refractivity contribution in [2.75, 3.05) is 11.9 Å². The Labute approximate surface area is 161 Å². The van der Waals surface area contributed by atoms with Gasteiger partial charge < -0.3 is 5.32 Å². The summed E-state index contributed by atoms with van der Waals surface area (Å²) in [4.78, 5) is 12.1. The highest BCUT2D eigenvalue weighted by atomic mass is 79.9. The van der Waals surface area contributed by atoms with E-state index in [4.69, 9.17) is 0 Å². The molecule has 128 valence electrons. The maximum Gasteiger partial charge on any atom is 0.206 e. The maximum absolute atomic E-state index is 12.9. The largest absolute Gasteiger partial charge is 0.353 e. The lowest BCUT2D eigenvalue weighted by atomic mass is 10.1. The van der Waals surface area contributed by atoms with E-state index in [1.165, 1.54) is 35.2 Å².